The van der Waals surface area contributed by atoms with E-state index in [1.54, 1.807) is 25.2 Å². The lowest BCUT2D eigenvalue weighted by Crippen LogP contribution is -2.29. The first-order chi connectivity index (χ1) is 8.58. The van der Waals surface area contributed by atoms with Crippen LogP contribution < -0.4 is 21.1 Å². The molecule has 0 saturated heterocycles. The van der Waals surface area contributed by atoms with Gasteiger partial charge in [-0.2, -0.15) is 0 Å². The Morgan fingerprint density at radius 2 is 2.11 bits per heavy atom. The van der Waals surface area contributed by atoms with Crippen LogP contribution in [0, 0.1) is 0 Å². The normalized spacial score (nSPS) is 9.67. The van der Waals surface area contributed by atoms with Crippen LogP contribution in [0.25, 0.3) is 0 Å². The zero-order valence-corrected chi connectivity index (χ0v) is 10.4. The molecule has 1 aromatic rings. The Bertz CT molecular complexity index is 446. The van der Waals surface area contributed by atoms with E-state index in [1.807, 2.05) is 0 Å². The molecule has 0 spiro atoms. The summed E-state index contributed by atoms with van der Waals surface area (Å²) in [6.07, 6.45) is 0.228. The quantitative estimate of drug-likeness (QED) is 0.649. The molecule has 0 atom stereocenters. The lowest BCUT2D eigenvalue weighted by atomic mass is 10.1. The molecule has 0 saturated carbocycles. The van der Waals surface area contributed by atoms with E-state index < -0.39 is 0 Å². The highest BCUT2D eigenvalue weighted by Crippen LogP contribution is 2.19. The number of ether oxygens (including phenoxy) is 1. The second-order valence-electron chi connectivity index (χ2n) is 3.63. The average Bonchev–Trinajstić information content (AvgIpc) is 2.38. The number of nitrogens with two attached hydrogens (primary N) is 1. The SMILES string of the molecule is CNC(=O)CCNC(=O)c1cc(OC)ccc1N. The summed E-state index contributed by atoms with van der Waals surface area (Å²) in [6, 6.07) is 4.84. The van der Waals surface area contributed by atoms with E-state index in [0.717, 1.165) is 0 Å². The fraction of sp³-hybridized carbons (Fsp3) is 0.333. The topological polar surface area (TPSA) is 93.5 Å². The predicted molar refractivity (Wildman–Crippen MR) is 68.4 cm³/mol. The molecular weight excluding hydrogens is 234 g/mol. The predicted octanol–water partition coefficient (Wildman–Crippen LogP) is 0.143. The van der Waals surface area contributed by atoms with Crippen molar-refractivity contribution in [3.05, 3.63) is 23.8 Å². The Labute approximate surface area is 105 Å². The van der Waals surface area contributed by atoms with E-state index >= 15 is 0 Å². The average molecular weight is 251 g/mol. The molecule has 0 unspecified atom stereocenters. The summed E-state index contributed by atoms with van der Waals surface area (Å²) < 4.78 is 5.02. The molecule has 0 fully saturated rings. The molecule has 0 aromatic heterocycles. The fourth-order valence-corrected chi connectivity index (χ4v) is 1.37. The first-order valence-corrected chi connectivity index (χ1v) is 5.50. The molecule has 2 amide bonds. The van der Waals surface area contributed by atoms with Gasteiger partial charge in [-0.05, 0) is 18.2 Å². The minimum Gasteiger partial charge on any atom is -0.497 e. The van der Waals surface area contributed by atoms with Crippen molar-refractivity contribution in [2.75, 3.05) is 26.4 Å². The molecule has 4 N–H and O–H groups in total. The van der Waals surface area contributed by atoms with E-state index in [1.165, 1.54) is 7.11 Å². The Hall–Kier alpha value is -2.24. The van der Waals surface area contributed by atoms with E-state index in [-0.39, 0.29) is 24.8 Å². The highest BCUT2D eigenvalue weighted by Gasteiger charge is 2.11. The minimum atomic E-state index is -0.324. The number of methoxy groups -OCH3 is 1. The van der Waals surface area contributed by atoms with Gasteiger partial charge in [-0.3, -0.25) is 9.59 Å². The molecule has 1 aromatic carbocycles. The molecule has 0 radical (unpaired) electrons. The molecule has 18 heavy (non-hydrogen) atoms. The molecule has 0 aliphatic carbocycles. The van der Waals surface area contributed by atoms with E-state index in [9.17, 15) is 9.59 Å². The van der Waals surface area contributed by atoms with Crippen molar-refractivity contribution in [1.29, 1.82) is 0 Å². The smallest absolute Gasteiger partial charge is 0.253 e. The summed E-state index contributed by atoms with van der Waals surface area (Å²) in [5, 5.41) is 5.09. The van der Waals surface area contributed by atoms with Crippen LogP contribution in [0.4, 0.5) is 5.69 Å². The number of carbonyl (C=O) groups is 2. The van der Waals surface area contributed by atoms with Gasteiger partial charge in [0.1, 0.15) is 5.75 Å². The molecule has 0 aliphatic rings. The van der Waals surface area contributed by atoms with Crippen LogP contribution in [0.15, 0.2) is 18.2 Å². The molecule has 1 rings (SSSR count). The van der Waals surface area contributed by atoms with Crippen molar-refractivity contribution >= 4 is 17.5 Å². The van der Waals surface area contributed by atoms with Gasteiger partial charge >= 0.3 is 0 Å². The fourth-order valence-electron chi connectivity index (χ4n) is 1.37. The van der Waals surface area contributed by atoms with Crippen LogP contribution in [0.1, 0.15) is 16.8 Å². The lowest BCUT2D eigenvalue weighted by molar-refractivity contribution is -0.120. The van der Waals surface area contributed by atoms with Crippen molar-refractivity contribution < 1.29 is 14.3 Å². The highest BCUT2D eigenvalue weighted by atomic mass is 16.5. The largest absolute Gasteiger partial charge is 0.497 e. The molecule has 0 bridgehead atoms. The summed E-state index contributed by atoms with van der Waals surface area (Å²) in [7, 11) is 3.06. The second kappa shape index (κ2) is 6.48. The number of amides is 2. The maximum Gasteiger partial charge on any atom is 0.253 e. The molecule has 6 heteroatoms. The minimum absolute atomic E-state index is 0.131. The second-order valence-corrected chi connectivity index (χ2v) is 3.63. The highest BCUT2D eigenvalue weighted by molar-refractivity contribution is 5.99. The van der Waals surface area contributed by atoms with E-state index in [2.05, 4.69) is 10.6 Å². The summed E-state index contributed by atoms with van der Waals surface area (Å²) in [5.41, 5.74) is 6.41. The van der Waals surface area contributed by atoms with Crippen LogP contribution >= 0.6 is 0 Å². The number of rotatable bonds is 5. The van der Waals surface area contributed by atoms with Gasteiger partial charge < -0.3 is 21.1 Å². The van der Waals surface area contributed by atoms with Crippen molar-refractivity contribution in [3.8, 4) is 5.75 Å². The standard InChI is InChI=1S/C12H17N3O3/c1-14-11(16)5-6-15-12(17)9-7-8(18-2)3-4-10(9)13/h3-4,7H,5-6,13H2,1-2H3,(H,14,16)(H,15,17). The van der Waals surface area contributed by atoms with Gasteiger partial charge in [0.25, 0.3) is 5.91 Å². The summed E-state index contributed by atoms with van der Waals surface area (Å²) in [5.74, 6) is 0.102. The Kier molecular flexibility index (Phi) is 4.98. The third-order valence-corrected chi connectivity index (χ3v) is 2.42. The summed E-state index contributed by atoms with van der Waals surface area (Å²) in [6.45, 7) is 0.259. The monoisotopic (exact) mass is 251 g/mol. The first kappa shape index (κ1) is 13.8. The van der Waals surface area contributed by atoms with Crippen LogP contribution in [0.5, 0.6) is 5.75 Å². The summed E-state index contributed by atoms with van der Waals surface area (Å²) in [4.78, 5) is 22.8. The Morgan fingerprint density at radius 1 is 1.39 bits per heavy atom. The van der Waals surface area contributed by atoms with Gasteiger partial charge in [-0.1, -0.05) is 0 Å². The number of nitrogens with one attached hydrogen (secondary N) is 2. The van der Waals surface area contributed by atoms with Gasteiger partial charge in [0, 0.05) is 25.7 Å². The third-order valence-electron chi connectivity index (χ3n) is 2.42. The van der Waals surface area contributed by atoms with Gasteiger partial charge in [0.15, 0.2) is 0 Å². The number of hydrogen-bond donors (Lipinski definition) is 3. The third kappa shape index (κ3) is 3.65. The number of hydrogen-bond acceptors (Lipinski definition) is 4. The first-order valence-electron chi connectivity index (χ1n) is 5.50. The van der Waals surface area contributed by atoms with Crippen molar-refractivity contribution in [1.82, 2.24) is 10.6 Å². The molecule has 0 heterocycles. The van der Waals surface area contributed by atoms with E-state index in [0.29, 0.717) is 17.0 Å². The van der Waals surface area contributed by atoms with Crippen molar-refractivity contribution in [2.24, 2.45) is 0 Å². The number of nitrogen functional groups attached to an aromatic ring is 1. The maximum atomic E-state index is 11.8. The molecule has 98 valence electrons. The van der Waals surface area contributed by atoms with E-state index in [4.69, 9.17) is 10.5 Å². The van der Waals surface area contributed by atoms with Gasteiger partial charge in [-0.25, -0.2) is 0 Å². The van der Waals surface area contributed by atoms with Crippen LogP contribution in [-0.4, -0.2) is 32.5 Å². The Balaban J connectivity index is 2.63. The molecule has 0 aliphatic heterocycles. The maximum absolute atomic E-state index is 11.8. The van der Waals surface area contributed by atoms with Crippen molar-refractivity contribution in [2.45, 2.75) is 6.42 Å². The summed E-state index contributed by atoms with van der Waals surface area (Å²) >= 11 is 0. The number of anilines is 1. The van der Waals surface area contributed by atoms with Gasteiger partial charge in [-0.15, -0.1) is 0 Å². The zero-order chi connectivity index (χ0) is 13.5. The number of carbonyl (C=O) groups excluding carboxylic acids is 2. The molecular formula is C12H17N3O3. The zero-order valence-electron chi connectivity index (χ0n) is 10.4. The van der Waals surface area contributed by atoms with Gasteiger partial charge in [0.2, 0.25) is 5.91 Å². The van der Waals surface area contributed by atoms with Crippen molar-refractivity contribution in [3.63, 3.8) is 0 Å². The lowest BCUT2D eigenvalue weighted by Gasteiger charge is -2.08. The molecule has 6 nitrogen and oxygen atoms in total. The van der Waals surface area contributed by atoms with Crippen LogP contribution in [0.3, 0.4) is 0 Å². The van der Waals surface area contributed by atoms with Gasteiger partial charge in [0.05, 0.1) is 12.7 Å². The number of benzene rings is 1. The van der Waals surface area contributed by atoms with Crippen LogP contribution in [0.2, 0.25) is 0 Å². The van der Waals surface area contributed by atoms with Crippen LogP contribution in [-0.2, 0) is 4.79 Å². The Morgan fingerprint density at radius 3 is 2.72 bits per heavy atom.